The minimum absolute atomic E-state index is 0.291. The average molecular weight is 276 g/mol. The summed E-state index contributed by atoms with van der Waals surface area (Å²) in [5.41, 5.74) is 2.04. The van der Waals surface area contributed by atoms with E-state index in [1.165, 1.54) is 4.90 Å². The molecule has 2 rings (SSSR count). The lowest BCUT2D eigenvalue weighted by Crippen LogP contribution is -2.52. The second-order valence-electron chi connectivity index (χ2n) is 5.04. The van der Waals surface area contributed by atoms with Crippen molar-refractivity contribution in [1.29, 1.82) is 0 Å². The molecule has 5 heteroatoms. The van der Waals surface area contributed by atoms with E-state index in [0.29, 0.717) is 19.5 Å². The number of rotatable bonds is 4. The van der Waals surface area contributed by atoms with Gasteiger partial charge in [0.15, 0.2) is 0 Å². The Morgan fingerprint density at radius 2 is 2.05 bits per heavy atom. The molecule has 20 heavy (non-hydrogen) atoms. The van der Waals surface area contributed by atoms with Crippen molar-refractivity contribution in [2.75, 3.05) is 6.54 Å². The number of hydrogen-bond acceptors (Lipinski definition) is 2. The molecule has 5 nitrogen and oxygen atoms in total. The Balaban J connectivity index is 2.13. The number of carboxylic acids is 1. The number of hydrogen-bond donors (Lipinski definition) is 2. The fraction of sp³-hybridized carbons (Fsp3) is 0.467. The van der Waals surface area contributed by atoms with Gasteiger partial charge in [-0.25, -0.2) is 9.59 Å². The van der Waals surface area contributed by atoms with Gasteiger partial charge in [0.25, 0.3) is 0 Å². The third-order valence-corrected chi connectivity index (χ3v) is 3.60. The largest absolute Gasteiger partial charge is 0.480 e. The normalized spacial score (nSPS) is 17.4. The second kappa shape index (κ2) is 6.41. The first-order chi connectivity index (χ1) is 9.63. The van der Waals surface area contributed by atoms with Gasteiger partial charge in [0, 0.05) is 19.5 Å². The summed E-state index contributed by atoms with van der Waals surface area (Å²) in [6.07, 6.45) is 2.26. The van der Waals surface area contributed by atoms with E-state index in [4.69, 9.17) is 0 Å². The minimum atomic E-state index is -0.954. The molecule has 0 saturated carbocycles. The summed E-state index contributed by atoms with van der Waals surface area (Å²) in [4.78, 5) is 25.0. The predicted molar refractivity (Wildman–Crippen MR) is 75.4 cm³/mol. The van der Waals surface area contributed by atoms with E-state index in [-0.39, 0.29) is 6.03 Å². The Kier molecular flexibility index (Phi) is 4.61. The summed E-state index contributed by atoms with van der Waals surface area (Å²) < 4.78 is 0. The van der Waals surface area contributed by atoms with Gasteiger partial charge in [0.1, 0.15) is 6.04 Å². The first kappa shape index (κ1) is 14.4. The average Bonchev–Trinajstić information content (AvgIpc) is 2.46. The summed E-state index contributed by atoms with van der Waals surface area (Å²) in [7, 11) is 0. The van der Waals surface area contributed by atoms with Crippen molar-refractivity contribution >= 4 is 12.0 Å². The molecule has 1 aromatic rings. The van der Waals surface area contributed by atoms with Crippen LogP contribution in [-0.2, 0) is 17.8 Å². The van der Waals surface area contributed by atoms with E-state index in [1.54, 1.807) is 0 Å². The van der Waals surface area contributed by atoms with Crippen LogP contribution in [0.4, 0.5) is 4.79 Å². The standard InChI is InChI=1S/C15H20N2O3/c1-2-3-8-16-15(20)17-10-12-7-5-4-6-11(12)9-13(17)14(18)19/h4-7,13H,2-3,8-10H2,1H3,(H,16,20)(H,18,19)/t13-/m1/s1. The molecule has 108 valence electrons. The summed E-state index contributed by atoms with van der Waals surface area (Å²) >= 11 is 0. The Morgan fingerprint density at radius 3 is 2.70 bits per heavy atom. The molecule has 2 amide bonds. The Bertz CT molecular complexity index is 502. The van der Waals surface area contributed by atoms with E-state index in [1.807, 2.05) is 31.2 Å². The van der Waals surface area contributed by atoms with E-state index >= 15 is 0 Å². The van der Waals surface area contributed by atoms with Gasteiger partial charge in [-0.05, 0) is 17.5 Å². The maximum absolute atomic E-state index is 12.1. The van der Waals surface area contributed by atoms with Gasteiger partial charge < -0.3 is 15.3 Å². The van der Waals surface area contributed by atoms with Crippen LogP contribution in [0.3, 0.4) is 0 Å². The monoisotopic (exact) mass is 276 g/mol. The molecule has 1 heterocycles. The summed E-state index contributed by atoms with van der Waals surface area (Å²) in [5.74, 6) is -0.954. The van der Waals surface area contributed by atoms with Crippen molar-refractivity contribution < 1.29 is 14.7 Å². The van der Waals surface area contributed by atoms with Gasteiger partial charge in [-0.3, -0.25) is 0 Å². The molecule has 0 radical (unpaired) electrons. The number of aliphatic carboxylic acids is 1. The summed E-state index contributed by atoms with van der Waals surface area (Å²) in [5, 5.41) is 12.1. The minimum Gasteiger partial charge on any atom is -0.480 e. The number of carboxylic acid groups (broad SMARTS) is 1. The van der Waals surface area contributed by atoms with Gasteiger partial charge in [-0.2, -0.15) is 0 Å². The van der Waals surface area contributed by atoms with Crippen LogP contribution in [-0.4, -0.2) is 34.6 Å². The Labute approximate surface area is 118 Å². The van der Waals surface area contributed by atoms with Gasteiger partial charge in [-0.15, -0.1) is 0 Å². The van der Waals surface area contributed by atoms with Crippen LogP contribution >= 0.6 is 0 Å². The number of carbonyl (C=O) groups excluding carboxylic acids is 1. The molecule has 1 aliphatic heterocycles. The molecule has 0 spiro atoms. The van der Waals surface area contributed by atoms with Crippen LogP contribution in [0.15, 0.2) is 24.3 Å². The van der Waals surface area contributed by atoms with Crippen LogP contribution in [0.1, 0.15) is 30.9 Å². The first-order valence-electron chi connectivity index (χ1n) is 6.97. The number of unbranched alkanes of at least 4 members (excludes halogenated alkanes) is 1. The quantitative estimate of drug-likeness (QED) is 0.826. The maximum Gasteiger partial charge on any atom is 0.326 e. The van der Waals surface area contributed by atoms with Crippen LogP contribution in [0.5, 0.6) is 0 Å². The fourth-order valence-electron chi connectivity index (χ4n) is 2.43. The number of amides is 2. The third-order valence-electron chi connectivity index (χ3n) is 3.60. The van der Waals surface area contributed by atoms with E-state index in [9.17, 15) is 14.7 Å². The smallest absolute Gasteiger partial charge is 0.326 e. The topological polar surface area (TPSA) is 69.6 Å². The number of benzene rings is 1. The molecule has 0 saturated heterocycles. The summed E-state index contributed by atoms with van der Waals surface area (Å²) in [6, 6.07) is 6.60. The van der Waals surface area contributed by atoms with Crippen LogP contribution in [0, 0.1) is 0 Å². The van der Waals surface area contributed by atoms with Crippen molar-refractivity contribution in [3.63, 3.8) is 0 Å². The lowest BCUT2D eigenvalue weighted by molar-refractivity contribution is -0.142. The van der Waals surface area contributed by atoms with Crippen molar-refractivity contribution in [3.8, 4) is 0 Å². The molecular weight excluding hydrogens is 256 g/mol. The van der Waals surface area contributed by atoms with E-state index in [2.05, 4.69) is 5.32 Å². The van der Waals surface area contributed by atoms with Crippen LogP contribution < -0.4 is 5.32 Å². The van der Waals surface area contributed by atoms with Crippen LogP contribution in [0.25, 0.3) is 0 Å². The Hall–Kier alpha value is -2.04. The molecule has 1 aliphatic rings. The molecule has 0 aliphatic carbocycles. The van der Waals surface area contributed by atoms with Gasteiger partial charge in [0.05, 0.1) is 0 Å². The lowest BCUT2D eigenvalue weighted by atomic mass is 9.94. The van der Waals surface area contributed by atoms with Crippen molar-refractivity contribution in [2.45, 2.75) is 38.8 Å². The summed E-state index contributed by atoms with van der Waals surface area (Å²) in [6.45, 7) is 2.98. The molecule has 0 bridgehead atoms. The number of nitrogens with one attached hydrogen (secondary N) is 1. The second-order valence-corrected chi connectivity index (χ2v) is 5.04. The van der Waals surface area contributed by atoms with Crippen molar-refractivity contribution in [2.24, 2.45) is 0 Å². The zero-order valence-corrected chi connectivity index (χ0v) is 11.6. The lowest BCUT2D eigenvalue weighted by Gasteiger charge is -2.34. The van der Waals surface area contributed by atoms with Crippen molar-refractivity contribution in [1.82, 2.24) is 10.2 Å². The van der Waals surface area contributed by atoms with Gasteiger partial charge in [-0.1, -0.05) is 37.6 Å². The highest BCUT2D eigenvalue weighted by atomic mass is 16.4. The maximum atomic E-state index is 12.1. The molecule has 2 N–H and O–H groups in total. The highest BCUT2D eigenvalue weighted by Crippen LogP contribution is 2.23. The number of carbonyl (C=O) groups is 2. The molecule has 1 atom stereocenters. The van der Waals surface area contributed by atoms with Gasteiger partial charge >= 0.3 is 12.0 Å². The van der Waals surface area contributed by atoms with Crippen LogP contribution in [0.2, 0.25) is 0 Å². The first-order valence-corrected chi connectivity index (χ1v) is 6.97. The fourth-order valence-corrected chi connectivity index (χ4v) is 2.43. The van der Waals surface area contributed by atoms with E-state index in [0.717, 1.165) is 24.0 Å². The van der Waals surface area contributed by atoms with E-state index < -0.39 is 12.0 Å². The van der Waals surface area contributed by atoms with Crippen molar-refractivity contribution in [3.05, 3.63) is 35.4 Å². The molecule has 0 unspecified atom stereocenters. The SMILES string of the molecule is CCCCNC(=O)N1Cc2ccccc2C[C@@H]1C(=O)O. The van der Waals surface area contributed by atoms with Gasteiger partial charge in [0.2, 0.25) is 0 Å². The predicted octanol–water partition coefficient (Wildman–Crippen LogP) is 2.01. The zero-order chi connectivity index (χ0) is 14.5. The number of nitrogens with zero attached hydrogens (tertiary/aromatic N) is 1. The zero-order valence-electron chi connectivity index (χ0n) is 11.6. The highest BCUT2D eigenvalue weighted by Gasteiger charge is 2.34. The molecule has 0 aromatic heterocycles. The Morgan fingerprint density at radius 1 is 1.35 bits per heavy atom. The molecular formula is C15H20N2O3. The molecule has 0 fully saturated rings. The molecule has 1 aromatic carbocycles. The number of urea groups is 1. The highest BCUT2D eigenvalue weighted by molar-refractivity contribution is 5.83. The number of fused-ring (bicyclic) bond motifs is 1. The third kappa shape index (κ3) is 3.10.